The molecule has 0 bridgehead atoms. The fourth-order valence-electron chi connectivity index (χ4n) is 1.60. The maximum Gasteiger partial charge on any atom is 0.147 e. The third-order valence-corrected chi connectivity index (χ3v) is 3.04. The van der Waals surface area contributed by atoms with Crippen molar-refractivity contribution in [2.24, 2.45) is 5.73 Å². The molecule has 0 aliphatic carbocycles. The number of pyridine rings is 1. The Labute approximate surface area is 103 Å². The lowest BCUT2D eigenvalue weighted by Gasteiger charge is -2.20. The van der Waals surface area contributed by atoms with Crippen molar-refractivity contribution in [2.75, 3.05) is 18.5 Å². The zero-order valence-corrected chi connectivity index (χ0v) is 10.8. The van der Waals surface area contributed by atoms with E-state index in [9.17, 15) is 0 Å². The van der Waals surface area contributed by atoms with Crippen LogP contribution < -0.4 is 10.6 Å². The first-order valence-corrected chi connectivity index (χ1v) is 6.13. The summed E-state index contributed by atoms with van der Waals surface area (Å²) >= 11 is 6.23. The summed E-state index contributed by atoms with van der Waals surface area (Å²) in [7, 11) is 2.02. The number of rotatable bonds is 6. The molecule has 0 saturated heterocycles. The van der Waals surface area contributed by atoms with E-state index in [1.165, 1.54) is 12.8 Å². The van der Waals surface area contributed by atoms with Crippen molar-refractivity contribution in [1.29, 1.82) is 0 Å². The average Bonchev–Trinajstić information content (AvgIpc) is 2.29. The van der Waals surface area contributed by atoms with E-state index < -0.39 is 0 Å². The first-order valence-electron chi connectivity index (χ1n) is 5.75. The Hall–Kier alpha value is -0.800. The van der Waals surface area contributed by atoms with Crippen molar-refractivity contribution >= 4 is 17.4 Å². The van der Waals surface area contributed by atoms with Crippen molar-refractivity contribution in [3.63, 3.8) is 0 Å². The summed E-state index contributed by atoms with van der Waals surface area (Å²) in [6.07, 6.45) is 5.38. The minimum Gasteiger partial charge on any atom is -0.358 e. The monoisotopic (exact) mass is 241 g/mol. The number of halogens is 1. The van der Waals surface area contributed by atoms with Crippen LogP contribution in [-0.2, 0) is 6.54 Å². The Balaban J connectivity index is 2.71. The van der Waals surface area contributed by atoms with Crippen LogP contribution in [0.4, 0.5) is 5.82 Å². The molecule has 0 atom stereocenters. The van der Waals surface area contributed by atoms with Crippen molar-refractivity contribution in [1.82, 2.24) is 4.98 Å². The SMILES string of the molecule is CCCCCN(C)c1nccc(CN)c1Cl. The van der Waals surface area contributed by atoms with Gasteiger partial charge in [0.05, 0.1) is 5.02 Å². The Morgan fingerprint density at radius 2 is 2.19 bits per heavy atom. The Morgan fingerprint density at radius 3 is 2.81 bits per heavy atom. The van der Waals surface area contributed by atoms with E-state index in [-0.39, 0.29) is 0 Å². The molecule has 0 aliphatic rings. The van der Waals surface area contributed by atoms with Crippen molar-refractivity contribution in [3.05, 3.63) is 22.8 Å². The molecule has 0 spiro atoms. The van der Waals surface area contributed by atoms with Crippen LogP contribution >= 0.6 is 11.6 Å². The number of nitrogens with zero attached hydrogens (tertiary/aromatic N) is 2. The number of nitrogens with two attached hydrogens (primary N) is 1. The second kappa shape index (κ2) is 6.71. The molecule has 1 rings (SSSR count). The molecule has 1 aromatic heterocycles. The van der Waals surface area contributed by atoms with Crippen LogP contribution in [0.25, 0.3) is 0 Å². The van der Waals surface area contributed by atoms with Crippen molar-refractivity contribution in [3.8, 4) is 0 Å². The van der Waals surface area contributed by atoms with Gasteiger partial charge < -0.3 is 10.6 Å². The lowest BCUT2D eigenvalue weighted by Crippen LogP contribution is -2.20. The first kappa shape index (κ1) is 13.3. The molecule has 0 saturated carbocycles. The summed E-state index contributed by atoms with van der Waals surface area (Å²) in [6.45, 7) is 3.63. The van der Waals surface area contributed by atoms with Gasteiger partial charge in [-0.1, -0.05) is 31.4 Å². The summed E-state index contributed by atoms with van der Waals surface area (Å²) in [6, 6.07) is 1.87. The molecule has 3 nitrogen and oxygen atoms in total. The molecular weight excluding hydrogens is 222 g/mol. The van der Waals surface area contributed by atoms with Gasteiger partial charge in [-0.05, 0) is 18.1 Å². The minimum absolute atomic E-state index is 0.456. The van der Waals surface area contributed by atoms with Gasteiger partial charge in [0.25, 0.3) is 0 Å². The molecule has 4 heteroatoms. The van der Waals surface area contributed by atoms with Crippen molar-refractivity contribution < 1.29 is 0 Å². The van der Waals surface area contributed by atoms with Gasteiger partial charge in [0.2, 0.25) is 0 Å². The van der Waals surface area contributed by atoms with E-state index in [0.717, 1.165) is 24.3 Å². The molecule has 0 amide bonds. The largest absolute Gasteiger partial charge is 0.358 e. The minimum atomic E-state index is 0.456. The summed E-state index contributed by atoms with van der Waals surface area (Å²) < 4.78 is 0. The standard InChI is InChI=1S/C12H20ClN3/c1-3-4-5-8-16(2)12-11(13)10(9-14)6-7-15-12/h6-7H,3-5,8-9,14H2,1-2H3. The third-order valence-electron chi connectivity index (χ3n) is 2.63. The fourth-order valence-corrected chi connectivity index (χ4v) is 1.93. The molecule has 2 N–H and O–H groups in total. The normalized spacial score (nSPS) is 10.5. The smallest absolute Gasteiger partial charge is 0.147 e. The summed E-state index contributed by atoms with van der Waals surface area (Å²) in [5.74, 6) is 0.834. The van der Waals surface area contributed by atoms with E-state index in [4.69, 9.17) is 17.3 Å². The van der Waals surface area contributed by atoms with Gasteiger partial charge in [-0.25, -0.2) is 4.98 Å². The van der Waals surface area contributed by atoms with Gasteiger partial charge >= 0.3 is 0 Å². The molecular formula is C12H20ClN3. The predicted octanol–water partition coefficient (Wildman–Crippen LogP) is 2.82. The van der Waals surface area contributed by atoms with Gasteiger partial charge in [0.1, 0.15) is 5.82 Å². The lowest BCUT2D eigenvalue weighted by atomic mass is 10.2. The van der Waals surface area contributed by atoms with Crippen LogP contribution in [0.3, 0.4) is 0 Å². The quantitative estimate of drug-likeness (QED) is 0.779. The Kier molecular flexibility index (Phi) is 5.56. The second-order valence-electron chi connectivity index (χ2n) is 3.94. The van der Waals surface area contributed by atoms with E-state index in [1.807, 2.05) is 13.1 Å². The summed E-state index contributed by atoms with van der Waals surface area (Å²) in [5.41, 5.74) is 6.56. The van der Waals surface area contributed by atoms with Crippen LogP contribution in [0.5, 0.6) is 0 Å². The second-order valence-corrected chi connectivity index (χ2v) is 4.32. The highest BCUT2D eigenvalue weighted by molar-refractivity contribution is 6.33. The number of aromatic nitrogens is 1. The number of hydrogen-bond acceptors (Lipinski definition) is 3. The zero-order valence-electron chi connectivity index (χ0n) is 10.0. The Morgan fingerprint density at radius 1 is 1.44 bits per heavy atom. The van der Waals surface area contributed by atoms with Gasteiger partial charge in [0, 0.05) is 26.3 Å². The van der Waals surface area contributed by atoms with Crippen LogP contribution in [0, 0.1) is 0 Å². The maximum absolute atomic E-state index is 6.23. The average molecular weight is 242 g/mol. The number of hydrogen-bond donors (Lipinski definition) is 1. The molecule has 0 radical (unpaired) electrons. The van der Waals surface area contributed by atoms with E-state index in [2.05, 4.69) is 16.8 Å². The predicted molar refractivity (Wildman–Crippen MR) is 69.9 cm³/mol. The molecule has 1 aromatic rings. The third kappa shape index (κ3) is 3.35. The molecule has 0 aromatic carbocycles. The van der Waals surface area contributed by atoms with Crippen LogP contribution in [-0.4, -0.2) is 18.6 Å². The van der Waals surface area contributed by atoms with E-state index in [0.29, 0.717) is 11.6 Å². The van der Waals surface area contributed by atoms with Gasteiger partial charge in [-0.15, -0.1) is 0 Å². The topological polar surface area (TPSA) is 42.2 Å². The fraction of sp³-hybridized carbons (Fsp3) is 0.583. The molecule has 1 heterocycles. The molecule has 90 valence electrons. The van der Waals surface area contributed by atoms with E-state index in [1.54, 1.807) is 6.20 Å². The number of unbranched alkanes of at least 4 members (excludes halogenated alkanes) is 2. The van der Waals surface area contributed by atoms with Gasteiger partial charge in [-0.3, -0.25) is 0 Å². The van der Waals surface area contributed by atoms with Crippen molar-refractivity contribution in [2.45, 2.75) is 32.7 Å². The van der Waals surface area contributed by atoms with Gasteiger partial charge in [-0.2, -0.15) is 0 Å². The first-order chi connectivity index (χ1) is 7.70. The van der Waals surface area contributed by atoms with Crippen LogP contribution in [0.1, 0.15) is 31.7 Å². The highest BCUT2D eigenvalue weighted by Gasteiger charge is 2.10. The zero-order chi connectivity index (χ0) is 12.0. The molecule has 16 heavy (non-hydrogen) atoms. The molecule has 0 fully saturated rings. The summed E-state index contributed by atoms with van der Waals surface area (Å²) in [4.78, 5) is 6.40. The van der Waals surface area contributed by atoms with E-state index >= 15 is 0 Å². The lowest BCUT2D eigenvalue weighted by molar-refractivity contribution is 0.701. The molecule has 0 unspecified atom stereocenters. The van der Waals surface area contributed by atoms with Gasteiger partial charge in [0.15, 0.2) is 0 Å². The highest BCUT2D eigenvalue weighted by Crippen LogP contribution is 2.25. The van der Waals surface area contributed by atoms with Crippen LogP contribution in [0.2, 0.25) is 5.02 Å². The molecule has 0 aliphatic heterocycles. The Bertz CT molecular complexity index is 328. The number of anilines is 1. The summed E-state index contributed by atoms with van der Waals surface area (Å²) in [5, 5.41) is 0.684. The maximum atomic E-state index is 6.23. The van der Waals surface area contributed by atoms with Crippen LogP contribution in [0.15, 0.2) is 12.3 Å². The highest BCUT2D eigenvalue weighted by atomic mass is 35.5.